The van der Waals surface area contributed by atoms with Crippen molar-refractivity contribution in [1.82, 2.24) is 0 Å². The van der Waals surface area contributed by atoms with E-state index in [-0.39, 0.29) is 46.5 Å². The molecule has 2 aromatic rings. The topological polar surface area (TPSA) is 9.23 Å². The first-order valence-corrected chi connectivity index (χ1v) is 20.2. The van der Waals surface area contributed by atoms with E-state index in [0.717, 1.165) is 11.1 Å². The number of ether oxygens (including phenoxy) is 1. The maximum Gasteiger partial charge on any atom is 0.441 e. The summed E-state index contributed by atoms with van der Waals surface area (Å²) in [5.41, 5.74) is -4.59. The molecule has 0 aliphatic rings. The molecule has 0 bridgehead atoms. The van der Waals surface area contributed by atoms with E-state index in [1.807, 2.05) is 0 Å². The van der Waals surface area contributed by atoms with Gasteiger partial charge in [-0.3, -0.25) is 0 Å². The third kappa shape index (κ3) is 18.1. The Morgan fingerprint density at radius 3 is 1.12 bits per heavy atom. The summed E-state index contributed by atoms with van der Waals surface area (Å²) < 4.78 is 160. The Bertz CT molecular complexity index is 1280. The molecule has 0 saturated heterocycles. The summed E-state index contributed by atoms with van der Waals surface area (Å²) in [5.74, 6) is -1.96. The Labute approximate surface area is 308 Å². The van der Waals surface area contributed by atoms with E-state index in [4.69, 9.17) is 4.74 Å². The quantitative estimate of drug-likeness (QED) is 0.0745. The van der Waals surface area contributed by atoms with Gasteiger partial charge in [-0.15, -0.1) is 23.5 Å². The van der Waals surface area contributed by atoms with Crippen LogP contribution in [0, 0.1) is 27.7 Å². The molecule has 17 heteroatoms. The van der Waals surface area contributed by atoms with E-state index in [2.05, 4.69) is 0 Å². The van der Waals surface area contributed by atoms with Crippen molar-refractivity contribution < 1.29 is 57.4 Å². The minimum atomic E-state index is -4.46. The summed E-state index contributed by atoms with van der Waals surface area (Å²) in [6.07, 6.45) is -3.87. The molecule has 0 aliphatic heterocycles. The molecular weight excluding hydrogens is 781 g/mol. The lowest BCUT2D eigenvalue weighted by Gasteiger charge is -2.22. The van der Waals surface area contributed by atoms with Gasteiger partial charge in [0.25, 0.3) is 0 Å². The van der Waals surface area contributed by atoms with Crippen molar-refractivity contribution in [2.75, 3.05) is 23.0 Å². The van der Waals surface area contributed by atoms with Crippen LogP contribution in [0.2, 0.25) is 0 Å². The maximum absolute atomic E-state index is 13.2. The monoisotopic (exact) mass is 822 g/mol. The number of benzene rings is 2. The molecule has 51 heavy (non-hydrogen) atoms. The molecule has 2 rings (SSSR count). The first kappa shape index (κ1) is 46.0. The van der Waals surface area contributed by atoms with Crippen molar-refractivity contribution in [3.8, 4) is 11.5 Å². The molecule has 0 aliphatic carbocycles. The molecule has 0 amide bonds. The van der Waals surface area contributed by atoms with Gasteiger partial charge in [0.1, 0.15) is 11.5 Å². The molecule has 0 spiro atoms. The summed E-state index contributed by atoms with van der Waals surface area (Å²) >= 11 is 1.02. The van der Waals surface area contributed by atoms with Gasteiger partial charge in [-0.25, -0.2) is 0 Å². The Balaban J connectivity index is 2.38. The summed E-state index contributed by atoms with van der Waals surface area (Å²) in [4.78, 5) is 0.648. The fourth-order valence-electron chi connectivity index (χ4n) is 5.42. The van der Waals surface area contributed by atoms with Crippen molar-refractivity contribution in [1.29, 1.82) is 0 Å². The SMILES string of the molecule is Cc1c(Oc2cc(SCC(F)(F)F)c(C)c(CCCCCCSC(F)(F)F)c2C)cc(SCC(F)(F)F)c(C)c1CCCCCCSC(F)(F)F. The first-order valence-electron chi connectivity index (χ1n) is 16.2. The molecule has 0 heterocycles. The molecule has 1 nitrogen and oxygen atoms in total. The van der Waals surface area contributed by atoms with E-state index in [9.17, 15) is 52.7 Å². The Kier molecular flexibility index (Phi) is 18.4. The lowest BCUT2D eigenvalue weighted by atomic mass is 9.95. The molecule has 0 fully saturated rings. The van der Waals surface area contributed by atoms with Crippen molar-refractivity contribution in [2.45, 2.75) is 125 Å². The minimum Gasteiger partial charge on any atom is -0.457 e. The zero-order chi connectivity index (χ0) is 38.6. The highest BCUT2D eigenvalue weighted by Gasteiger charge is 2.31. The second-order valence-corrected chi connectivity index (χ2v) is 16.4. The number of unbranched alkanes of at least 4 members (excludes halogenated alkanes) is 6. The predicted molar refractivity (Wildman–Crippen MR) is 187 cm³/mol. The average molecular weight is 823 g/mol. The van der Waals surface area contributed by atoms with Gasteiger partial charge in [-0.05, 0) is 112 Å². The highest BCUT2D eigenvalue weighted by Crippen LogP contribution is 2.43. The second-order valence-electron chi connectivity index (χ2n) is 12.0. The first-order chi connectivity index (χ1) is 23.5. The standard InChI is InChI=1S/C34H42F12OS4/c1-21-25(13-9-5-7-11-15-50-33(41,42)43)23(3)29(48-19-31(35,36)37)17-27(21)47-28-18-30(49-20-32(38,39)40)24(4)26(22(28)2)14-10-6-8-12-16-51-34(44,45)46/h17-18H,5-16,19-20H2,1-4H3. The highest BCUT2D eigenvalue weighted by molar-refractivity contribution is 8.00. The zero-order valence-electron chi connectivity index (χ0n) is 28.6. The summed E-state index contributed by atoms with van der Waals surface area (Å²) in [6, 6.07) is 3.00. The summed E-state index contributed by atoms with van der Waals surface area (Å²) in [5, 5.41) is 0. The molecular formula is C34H42F12OS4. The number of hydrogen-bond acceptors (Lipinski definition) is 5. The Morgan fingerprint density at radius 2 is 0.804 bits per heavy atom. The second kappa shape index (κ2) is 20.5. The number of halogens is 12. The molecule has 2 aromatic carbocycles. The third-order valence-electron chi connectivity index (χ3n) is 7.99. The van der Waals surface area contributed by atoms with Gasteiger partial charge in [0, 0.05) is 21.3 Å². The average Bonchev–Trinajstić information content (AvgIpc) is 2.98. The van der Waals surface area contributed by atoms with Gasteiger partial charge in [0.05, 0.1) is 11.5 Å². The van der Waals surface area contributed by atoms with Gasteiger partial charge in [-0.1, -0.05) is 49.2 Å². The molecule has 292 valence electrons. The van der Waals surface area contributed by atoms with E-state index in [0.29, 0.717) is 120 Å². The summed E-state index contributed by atoms with van der Waals surface area (Å²) in [6.45, 7) is 6.90. The van der Waals surface area contributed by atoms with Gasteiger partial charge in [0.15, 0.2) is 0 Å². The molecule has 0 aromatic heterocycles. The van der Waals surface area contributed by atoms with Crippen molar-refractivity contribution in [3.63, 3.8) is 0 Å². The van der Waals surface area contributed by atoms with Crippen molar-refractivity contribution >= 4 is 47.0 Å². The largest absolute Gasteiger partial charge is 0.457 e. The Morgan fingerprint density at radius 1 is 0.471 bits per heavy atom. The zero-order valence-corrected chi connectivity index (χ0v) is 31.9. The minimum absolute atomic E-state index is 0.0641. The lowest BCUT2D eigenvalue weighted by Crippen LogP contribution is -2.11. The fourth-order valence-corrected chi connectivity index (χ4v) is 8.28. The molecule has 0 unspecified atom stereocenters. The van der Waals surface area contributed by atoms with Crippen molar-refractivity contribution in [3.05, 3.63) is 45.5 Å². The maximum atomic E-state index is 13.2. The van der Waals surface area contributed by atoms with Gasteiger partial charge < -0.3 is 4.74 Å². The fraction of sp³-hybridized carbons (Fsp3) is 0.647. The van der Waals surface area contributed by atoms with Crippen LogP contribution in [0.3, 0.4) is 0 Å². The smallest absolute Gasteiger partial charge is 0.441 e. The summed E-state index contributed by atoms with van der Waals surface area (Å²) in [7, 11) is 0. The highest BCUT2D eigenvalue weighted by atomic mass is 32.2. The van der Waals surface area contributed by atoms with Crippen LogP contribution < -0.4 is 4.74 Å². The van der Waals surface area contributed by atoms with Crippen LogP contribution in [0.4, 0.5) is 52.7 Å². The molecule has 0 saturated carbocycles. The van der Waals surface area contributed by atoms with Crippen molar-refractivity contribution in [2.24, 2.45) is 0 Å². The number of hydrogen-bond donors (Lipinski definition) is 0. The molecule has 0 atom stereocenters. The van der Waals surface area contributed by atoms with Crippen LogP contribution in [0.15, 0.2) is 21.9 Å². The number of thioether (sulfide) groups is 4. The normalized spacial score (nSPS) is 12.9. The van der Waals surface area contributed by atoms with E-state index >= 15 is 0 Å². The van der Waals surface area contributed by atoms with Crippen LogP contribution in [0.5, 0.6) is 11.5 Å². The van der Waals surface area contributed by atoms with Crippen LogP contribution in [-0.4, -0.2) is 46.4 Å². The van der Waals surface area contributed by atoms with Gasteiger partial charge in [0.2, 0.25) is 0 Å². The number of rotatable bonds is 20. The molecule has 0 radical (unpaired) electrons. The molecule has 0 N–H and O–H groups in total. The van der Waals surface area contributed by atoms with Gasteiger partial charge in [-0.2, -0.15) is 52.7 Å². The predicted octanol–water partition coefficient (Wildman–Crippen LogP) is 14.7. The van der Waals surface area contributed by atoms with E-state index < -0.39 is 34.9 Å². The lowest BCUT2D eigenvalue weighted by molar-refractivity contribution is -0.106. The van der Waals surface area contributed by atoms with E-state index in [1.54, 1.807) is 27.7 Å². The van der Waals surface area contributed by atoms with Crippen LogP contribution in [0.25, 0.3) is 0 Å². The van der Waals surface area contributed by atoms with Crippen LogP contribution in [0.1, 0.15) is 84.7 Å². The van der Waals surface area contributed by atoms with Gasteiger partial charge >= 0.3 is 23.4 Å². The number of alkyl halides is 12. The Hall–Kier alpha value is -1.20. The van der Waals surface area contributed by atoms with E-state index in [1.165, 1.54) is 12.1 Å². The van der Waals surface area contributed by atoms with Crippen LogP contribution >= 0.6 is 47.0 Å². The third-order valence-corrected chi connectivity index (χ3v) is 12.0. The van der Waals surface area contributed by atoms with Crippen LogP contribution in [-0.2, 0) is 12.8 Å².